The minimum atomic E-state index is -0.781. The van der Waals surface area contributed by atoms with Gasteiger partial charge < -0.3 is 10.0 Å². The maximum absolute atomic E-state index is 10.6. The first-order valence-corrected chi connectivity index (χ1v) is 4.70. The quantitative estimate of drug-likeness (QED) is 0.731. The summed E-state index contributed by atoms with van der Waals surface area (Å²) in [7, 11) is 0. The molecule has 13 heavy (non-hydrogen) atoms. The molecule has 1 N–H and O–H groups in total. The molecule has 3 nitrogen and oxygen atoms in total. The van der Waals surface area contributed by atoms with E-state index in [2.05, 4.69) is 13.8 Å². The van der Waals surface area contributed by atoms with Gasteiger partial charge in [0.2, 0.25) is 0 Å². The first kappa shape index (κ1) is 15.1. The van der Waals surface area contributed by atoms with Gasteiger partial charge in [-0.3, -0.25) is 0 Å². The van der Waals surface area contributed by atoms with E-state index < -0.39 is 6.09 Å². The zero-order valence-electron chi connectivity index (χ0n) is 8.45. The predicted octanol–water partition coefficient (Wildman–Crippen LogP) is 2.99. The van der Waals surface area contributed by atoms with Gasteiger partial charge in [0.25, 0.3) is 0 Å². The fourth-order valence-electron chi connectivity index (χ4n) is 1.00. The molecule has 0 aromatic rings. The Morgan fingerprint density at radius 2 is 1.54 bits per heavy atom. The van der Waals surface area contributed by atoms with Crippen molar-refractivity contribution in [3.8, 4) is 0 Å². The van der Waals surface area contributed by atoms with E-state index in [9.17, 15) is 4.79 Å². The van der Waals surface area contributed by atoms with E-state index in [4.69, 9.17) is 5.11 Å². The molecule has 0 heterocycles. The number of nitrogens with zero attached hydrogens (tertiary/aromatic N) is 1. The van der Waals surface area contributed by atoms with Crippen LogP contribution in [0.1, 0.15) is 39.5 Å². The fourth-order valence-corrected chi connectivity index (χ4v) is 1.00. The van der Waals surface area contributed by atoms with Crippen molar-refractivity contribution in [3.05, 3.63) is 0 Å². The van der Waals surface area contributed by atoms with Crippen molar-refractivity contribution in [1.29, 1.82) is 0 Å². The van der Waals surface area contributed by atoms with Crippen LogP contribution in [-0.4, -0.2) is 29.2 Å². The Labute approximate surface area is 86.5 Å². The maximum Gasteiger partial charge on any atom is 0.407 e. The van der Waals surface area contributed by atoms with Crippen LogP contribution < -0.4 is 0 Å². The highest BCUT2D eigenvalue weighted by molar-refractivity contribution is 5.85. The van der Waals surface area contributed by atoms with Gasteiger partial charge in [-0.25, -0.2) is 4.79 Å². The van der Waals surface area contributed by atoms with Gasteiger partial charge in [0.05, 0.1) is 0 Å². The SMILES string of the molecule is CCCCN(CCCC)C(=O)O.Cl. The molecule has 0 bridgehead atoms. The lowest BCUT2D eigenvalue weighted by Crippen LogP contribution is -2.31. The van der Waals surface area contributed by atoms with Crippen LogP contribution in [-0.2, 0) is 0 Å². The van der Waals surface area contributed by atoms with Gasteiger partial charge in [0.1, 0.15) is 0 Å². The second-order valence-electron chi connectivity index (χ2n) is 2.98. The average molecular weight is 210 g/mol. The third-order valence-corrected chi connectivity index (χ3v) is 1.83. The Morgan fingerprint density at radius 1 is 1.15 bits per heavy atom. The van der Waals surface area contributed by atoms with Gasteiger partial charge >= 0.3 is 6.09 Å². The minimum absolute atomic E-state index is 0. The van der Waals surface area contributed by atoms with Gasteiger partial charge in [-0.2, -0.15) is 0 Å². The summed E-state index contributed by atoms with van der Waals surface area (Å²) in [6, 6.07) is 0. The van der Waals surface area contributed by atoms with Crippen molar-refractivity contribution in [2.45, 2.75) is 39.5 Å². The van der Waals surface area contributed by atoms with E-state index >= 15 is 0 Å². The van der Waals surface area contributed by atoms with Crippen LogP contribution in [0.2, 0.25) is 0 Å². The Morgan fingerprint density at radius 3 is 1.77 bits per heavy atom. The molecule has 0 aromatic heterocycles. The lowest BCUT2D eigenvalue weighted by molar-refractivity contribution is 0.143. The van der Waals surface area contributed by atoms with Crippen molar-refractivity contribution in [1.82, 2.24) is 4.90 Å². The van der Waals surface area contributed by atoms with E-state index in [1.165, 1.54) is 4.90 Å². The topological polar surface area (TPSA) is 40.5 Å². The molecule has 0 aromatic carbocycles. The molecule has 80 valence electrons. The summed E-state index contributed by atoms with van der Waals surface area (Å²) in [6.45, 7) is 5.51. The molecule has 0 aliphatic rings. The van der Waals surface area contributed by atoms with Gasteiger partial charge in [0, 0.05) is 13.1 Å². The highest BCUT2D eigenvalue weighted by Gasteiger charge is 2.08. The first-order valence-electron chi connectivity index (χ1n) is 4.70. The number of rotatable bonds is 6. The Kier molecular flexibility index (Phi) is 11.2. The molecule has 0 rings (SSSR count). The molecule has 1 amide bonds. The second kappa shape index (κ2) is 9.65. The van der Waals surface area contributed by atoms with E-state index in [-0.39, 0.29) is 12.4 Å². The van der Waals surface area contributed by atoms with Gasteiger partial charge in [0.15, 0.2) is 0 Å². The second-order valence-corrected chi connectivity index (χ2v) is 2.98. The molecule has 0 unspecified atom stereocenters. The molecular formula is C9H20ClNO2. The highest BCUT2D eigenvalue weighted by atomic mass is 35.5. The smallest absolute Gasteiger partial charge is 0.407 e. The minimum Gasteiger partial charge on any atom is -0.465 e. The van der Waals surface area contributed by atoms with E-state index in [1.54, 1.807) is 0 Å². The summed E-state index contributed by atoms with van der Waals surface area (Å²) < 4.78 is 0. The van der Waals surface area contributed by atoms with Crippen molar-refractivity contribution in [2.75, 3.05) is 13.1 Å². The van der Waals surface area contributed by atoms with Crippen LogP contribution in [0.4, 0.5) is 4.79 Å². The molecule has 0 spiro atoms. The summed E-state index contributed by atoms with van der Waals surface area (Å²) in [5.41, 5.74) is 0. The van der Waals surface area contributed by atoms with Gasteiger partial charge in [-0.15, -0.1) is 12.4 Å². The van der Waals surface area contributed by atoms with Crippen LogP contribution in [0, 0.1) is 0 Å². The summed E-state index contributed by atoms with van der Waals surface area (Å²) in [5.74, 6) is 0. The van der Waals surface area contributed by atoms with Gasteiger partial charge in [-0.1, -0.05) is 26.7 Å². The van der Waals surface area contributed by atoms with Crippen molar-refractivity contribution in [3.63, 3.8) is 0 Å². The number of hydrogen-bond acceptors (Lipinski definition) is 1. The largest absolute Gasteiger partial charge is 0.465 e. The van der Waals surface area contributed by atoms with Gasteiger partial charge in [-0.05, 0) is 12.8 Å². The van der Waals surface area contributed by atoms with E-state index in [0.29, 0.717) is 13.1 Å². The molecule has 0 aliphatic heterocycles. The molecule has 0 atom stereocenters. The molecular weight excluding hydrogens is 190 g/mol. The highest BCUT2D eigenvalue weighted by Crippen LogP contribution is 1.98. The first-order chi connectivity index (χ1) is 5.72. The number of halogens is 1. The van der Waals surface area contributed by atoms with Crippen molar-refractivity contribution < 1.29 is 9.90 Å². The molecule has 0 fully saturated rings. The summed E-state index contributed by atoms with van der Waals surface area (Å²) in [6.07, 6.45) is 3.26. The van der Waals surface area contributed by atoms with E-state index in [0.717, 1.165) is 25.7 Å². The van der Waals surface area contributed by atoms with Crippen LogP contribution in [0.25, 0.3) is 0 Å². The molecule has 0 aliphatic carbocycles. The third kappa shape index (κ3) is 7.91. The lowest BCUT2D eigenvalue weighted by atomic mass is 10.3. The number of hydrogen-bond donors (Lipinski definition) is 1. The molecule has 4 heteroatoms. The molecule has 0 saturated heterocycles. The standard InChI is InChI=1S/C9H19NO2.ClH/c1-3-5-7-10(9(11)12)8-6-4-2;/h3-8H2,1-2H3,(H,11,12);1H. The zero-order valence-corrected chi connectivity index (χ0v) is 9.27. The Bertz CT molecular complexity index is 123. The zero-order chi connectivity index (χ0) is 9.40. The van der Waals surface area contributed by atoms with Crippen LogP contribution in [0.5, 0.6) is 0 Å². The summed E-state index contributed by atoms with van der Waals surface area (Å²) >= 11 is 0. The average Bonchev–Trinajstić information content (AvgIpc) is 2.04. The Balaban J connectivity index is 0. The molecule has 0 saturated carbocycles. The maximum atomic E-state index is 10.6. The fraction of sp³-hybridized carbons (Fsp3) is 0.889. The summed E-state index contributed by atoms with van der Waals surface area (Å²) in [5, 5.41) is 8.75. The molecule has 0 radical (unpaired) electrons. The predicted molar refractivity (Wildman–Crippen MR) is 56.7 cm³/mol. The van der Waals surface area contributed by atoms with Crippen LogP contribution >= 0.6 is 12.4 Å². The Hall–Kier alpha value is -0.440. The number of carboxylic acid groups (broad SMARTS) is 1. The number of amides is 1. The monoisotopic (exact) mass is 209 g/mol. The number of unbranched alkanes of at least 4 members (excludes halogenated alkanes) is 2. The van der Waals surface area contributed by atoms with E-state index in [1.807, 2.05) is 0 Å². The van der Waals surface area contributed by atoms with Crippen LogP contribution in [0.3, 0.4) is 0 Å². The summed E-state index contributed by atoms with van der Waals surface area (Å²) in [4.78, 5) is 12.1. The van der Waals surface area contributed by atoms with Crippen molar-refractivity contribution >= 4 is 18.5 Å². The lowest BCUT2D eigenvalue weighted by Gasteiger charge is -2.17. The number of carbonyl (C=O) groups is 1. The third-order valence-electron chi connectivity index (χ3n) is 1.83. The van der Waals surface area contributed by atoms with Crippen molar-refractivity contribution in [2.24, 2.45) is 0 Å². The van der Waals surface area contributed by atoms with Crippen LogP contribution in [0.15, 0.2) is 0 Å². The normalized spacial score (nSPS) is 9.08.